The Balaban J connectivity index is 1.39. The molecule has 0 unspecified atom stereocenters. The molecule has 2 heterocycles. The fraction of sp³-hybridized carbons (Fsp3) is 0.308. The van der Waals surface area contributed by atoms with E-state index in [9.17, 15) is 14.9 Å². The van der Waals surface area contributed by atoms with Gasteiger partial charge >= 0.3 is 0 Å². The van der Waals surface area contributed by atoms with Gasteiger partial charge in [0, 0.05) is 62.4 Å². The third-order valence-electron chi connectivity index (χ3n) is 5.89. The molecule has 1 saturated heterocycles. The number of piperazine rings is 1. The lowest BCUT2D eigenvalue weighted by Crippen LogP contribution is -2.48. The number of nitro benzene ring substituents is 1. The van der Waals surface area contributed by atoms with Crippen LogP contribution < -0.4 is 15.0 Å². The maximum atomic E-state index is 12.9. The average Bonchev–Trinajstić information content (AvgIpc) is 2.91. The van der Waals surface area contributed by atoms with Gasteiger partial charge in [0.25, 0.3) is 11.6 Å². The summed E-state index contributed by atoms with van der Waals surface area (Å²) in [5, 5.41) is 14.7. The molecule has 0 atom stereocenters. The van der Waals surface area contributed by atoms with Crippen molar-refractivity contribution in [3.63, 3.8) is 0 Å². The monoisotopic (exact) mass is 475 g/mol. The molecule has 1 aliphatic rings. The SMILES string of the molecule is CCCOc1ccc(C(=O)N2CCN(c3ccc([N+](=O)[O-])c(NCc4cccnc4)c3)CC2)cc1. The minimum atomic E-state index is -0.384. The Kier molecular flexibility index (Phi) is 7.77. The molecule has 0 saturated carbocycles. The van der Waals surface area contributed by atoms with Crippen LogP contribution in [0.25, 0.3) is 0 Å². The van der Waals surface area contributed by atoms with Gasteiger partial charge in [0.2, 0.25) is 0 Å². The summed E-state index contributed by atoms with van der Waals surface area (Å²) in [6.07, 6.45) is 4.35. The Morgan fingerprint density at radius 3 is 2.54 bits per heavy atom. The van der Waals surface area contributed by atoms with Crippen molar-refractivity contribution in [3.8, 4) is 5.75 Å². The predicted molar refractivity (Wildman–Crippen MR) is 135 cm³/mol. The molecule has 9 nitrogen and oxygen atoms in total. The standard InChI is InChI=1S/C26H29N5O4/c1-2-16-35-23-8-5-21(6-9-23)26(32)30-14-12-29(13-15-30)22-7-10-25(31(33)34)24(17-22)28-19-20-4-3-11-27-18-20/h3-11,17-18,28H,2,12-16,19H2,1H3. The van der Waals surface area contributed by atoms with Gasteiger partial charge < -0.3 is 19.9 Å². The zero-order valence-corrected chi connectivity index (χ0v) is 19.7. The Hall–Kier alpha value is -4.14. The summed E-state index contributed by atoms with van der Waals surface area (Å²) in [7, 11) is 0. The Morgan fingerprint density at radius 2 is 1.89 bits per heavy atom. The summed E-state index contributed by atoms with van der Waals surface area (Å²) >= 11 is 0. The quantitative estimate of drug-likeness (QED) is 0.363. The van der Waals surface area contributed by atoms with Gasteiger partial charge in [0.15, 0.2) is 0 Å². The van der Waals surface area contributed by atoms with Crippen molar-refractivity contribution in [1.29, 1.82) is 0 Å². The van der Waals surface area contributed by atoms with Gasteiger partial charge in [0.1, 0.15) is 11.4 Å². The number of carbonyl (C=O) groups is 1. The summed E-state index contributed by atoms with van der Waals surface area (Å²) in [4.78, 5) is 32.2. The number of aromatic nitrogens is 1. The Bertz CT molecular complexity index is 1150. The molecule has 4 rings (SSSR count). The van der Waals surface area contributed by atoms with Crippen LogP contribution in [0.1, 0.15) is 29.3 Å². The van der Waals surface area contributed by atoms with E-state index in [0.717, 1.165) is 23.4 Å². The van der Waals surface area contributed by atoms with E-state index in [4.69, 9.17) is 4.74 Å². The fourth-order valence-electron chi connectivity index (χ4n) is 3.99. The number of hydrogen-bond donors (Lipinski definition) is 1. The van der Waals surface area contributed by atoms with E-state index < -0.39 is 0 Å². The first kappa shape index (κ1) is 24.0. The van der Waals surface area contributed by atoms with Gasteiger partial charge in [0.05, 0.1) is 11.5 Å². The van der Waals surface area contributed by atoms with E-state index in [2.05, 4.69) is 15.2 Å². The van der Waals surface area contributed by atoms with Crippen LogP contribution in [0.4, 0.5) is 17.1 Å². The molecule has 1 aromatic heterocycles. The normalized spacial score (nSPS) is 13.4. The number of anilines is 2. The molecule has 182 valence electrons. The second kappa shape index (κ2) is 11.3. The molecule has 9 heteroatoms. The Labute approximate surface area is 204 Å². The van der Waals surface area contributed by atoms with Crippen molar-refractivity contribution in [2.75, 3.05) is 43.0 Å². The van der Waals surface area contributed by atoms with Gasteiger partial charge in [-0.15, -0.1) is 0 Å². The second-order valence-corrected chi connectivity index (χ2v) is 8.33. The highest BCUT2D eigenvalue weighted by Crippen LogP contribution is 2.30. The Morgan fingerprint density at radius 1 is 1.11 bits per heavy atom. The first-order valence-electron chi connectivity index (χ1n) is 11.7. The van der Waals surface area contributed by atoms with Crippen LogP contribution in [0.3, 0.4) is 0 Å². The van der Waals surface area contributed by atoms with Crippen LogP contribution in [0.2, 0.25) is 0 Å². The van der Waals surface area contributed by atoms with E-state index in [1.807, 2.05) is 36.1 Å². The van der Waals surface area contributed by atoms with Crippen molar-refractivity contribution >= 4 is 23.0 Å². The van der Waals surface area contributed by atoms with Crippen LogP contribution in [0.15, 0.2) is 67.0 Å². The molecule has 0 bridgehead atoms. The molecule has 1 fully saturated rings. The number of pyridine rings is 1. The zero-order chi connectivity index (χ0) is 24.6. The molecule has 0 radical (unpaired) electrons. The highest BCUT2D eigenvalue weighted by molar-refractivity contribution is 5.94. The summed E-state index contributed by atoms with van der Waals surface area (Å²) in [6, 6.07) is 16.1. The smallest absolute Gasteiger partial charge is 0.292 e. The van der Waals surface area contributed by atoms with Crippen LogP contribution in [-0.4, -0.2) is 53.5 Å². The number of rotatable bonds is 9. The summed E-state index contributed by atoms with van der Waals surface area (Å²) < 4.78 is 5.59. The van der Waals surface area contributed by atoms with Gasteiger partial charge in [-0.05, 0) is 54.4 Å². The molecule has 1 amide bonds. The van der Waals surface area contributed by atoms with Gasteiger partial charge in [-0.25, -0.2) is 0 Å². The maximum Gasteiger partial charge on any atom is 0.292 e. The van der Waals surface area contributed by atoms with Gasteiger partial charge in [-0.2, -0.15) is 0 Å². The van der Waals surface area contributed by atoms with Crippen LogP contribution in [0, 0.1) is 10.1 Å². The van der Waals surface area contributed by atoms with Crippen molar-refractivity contribution in [2.24, 2.45) is 0 Å². The number of nitro groups is 1. The number of carbonyl (C=O) groups excluding carboxylic acids is 1. The van der Waals surface area contributed by atoms with Crippen LogP contribution >= 0.6 is 0 Å². The number of hydrogen-bond acceptors (Lipinski definition) is 7. The first-order chi connectivity index (χ1) is 17.0. The van der Waals surface area contributed by atoms with Crippen molar-refractivity contribution in [1.82, 2.24) is 9.88 Å². The third kappa shape index (κ3) is 6.06. The molecule has 2 aromatic carbocycles. The van der Waals surface area contributed by atoms with Crippen molar-refractivity contribution in [2.45, 2.75) is 19.9 Å². The fourth-order valence-corrected chi connectivity index (χ4v) is 3.99. The van der Waals surface area contributed by atoms with Crippen LogP contribution in [-0.2, 0) is 6.54 Å². The van der Waals surface area contributed by atoms with E-state index in [-0.39, 0.29) is 16.5 Å². The van der Waals surface area contributed by atoms with E-state index in [1.54, 1.807) is 36.7 Å². The highest BCUT2D eigenvalue weighted by atomic mass is 16.6. The number of benzene rings is 2. The lowest BCUT2D eigenvalue weighted by molar-refractivity contribution is -0.384. The van der Waals surface area contributed by atoms with E-state index >= 15 is 0 Å². The maximum absolute atomic E-state index is 12.9. The van der Waals surface area contributed by atoms with Gasteiger partial charge in [-0.1, -0.05) is 13.0 Å². The molecule has 3 aromatic rings. The number of ether oxygens (including phenoxy) is 1. The molecule has 35 heavy (non-hydrogen) atoms. The molecular formula is C26H29N5O4. The minimum absolute atomic E-state index is 0.00535. The first-order valence-corrected chi connectivity index (χ1v) is 11.7. The summed E-state index contributed by atoms with van der Waals surface area (Å²) in [5.41, 5.74) is 2.94. The zero-order valence-electron chi connectivity index (χ0n) is 19.7. The molecule has 0 aliphatic carbocycles. The van der Waals surface area contributed by atoms with Crippen molar-refractivity contribution in [3.05, 3.63) is 88.2 Å². The summed E-state index contributed by atoms with van der Waals surface area (Å²) in [6.45, 7) is 5.56. The number of nitrogens with zero attached hydrogens (tertiary/aromatic N) is 4. The second-order valence-electron chi connectivity index (χ2n) is 8.33. The molecule has 1 N–H and O–H groups in total. The van der Waals surface area contributed by atoms with Crippen LogP contribution in [0.5, 0.6) is 5.75 Å². The lowest BCUT2D eigenvalue weighted by atomic mass is 10.1. The summed E-state index contributed by atoms with van der Waals surface area (Å²) in [5.74, 6) is 0.758. The van der Waals surface area contributed by atoms with Gasteiger partial charge in [-0.3, -0.25) is 19.9 Å². The topological polar surface area (TPSA) is 101 Å². The largest absolute Gasteiger partial charge is 0.494 e. The average molecular weight is 476 g/mol. The highest BCUT2D eigenvalue weighted by Gasteiger charge is 2.24. The molecule has 0 spiro atoms. The van der Waals surface area contributed by atoms with E-state index in [0.29, 0.717) is 50.6 Å². The van der Waals surface area contributed by atoms with Crippen molar-refractivity contribution < 1.29 is 14.5 Å². The molecule has 1 aliphatic heterocycles. The number of nitrogens with one attached hydrogen (secondary N) is 1. The minimum Gasteiger partial charge on any atom is -0.494 e. The van der Waals surface area contributed by atoms with E-state index in [1.165, 1.54) is 6.07 Å². The third-order valence-corrected chi connectivity index (χ3v) is 5.89. The predicted octanol–water partition coefficient (Wildman–Crippen LogP) is 4.35. The lowest BCUT2D eigenvalue weighted by Gasteiger charge is -2.36. The number of amides is 1. The molecular weight excluding hydrogens is 446 g/mol.